The average Bonchev–Trinajstić information content (AvgIpc) is 3.04. The Morgan fingerprint density at radius 1 is 1.29 bits per heavy atom. The molecule has 1 unspecified atom stereocenters. The molecule has 5 heteroatoms. The summed E-state index contributed by atoms with van der Waals surface area (Å²) < 4.78 is 5.45. The average molecular weight is 280 g/mol. The van der Waals surface area contributed by atoms with Crippen molar-refractivity contribution in [3.63, 3.8) is 0 Å². The van der Waals surface area contributed by atoms with E-state index in [0.29, 0.717) is 5.92 Å². The van der Waals surface area contributed by atoms with Crippen molar-refractivity contribution in [3.05, 3.63) is 48.0 Å². The van der Waals surface area contributed by atoms with E-state index < -0.39 is 0 Å². The van der Waals surface area contributed by atoms with Gasteiger partial charge in [0.15, 0.2) is 0 Å². The lowest BCUT2D eigenvalue weighted by Gasteiger charge is -2.18. The first-order valence-electron chi connectivity index (χ1n) is 6.92. The van der Waals surface area contributed by atoms with E-state index in [4.69, 9.17) is 10.00 Å². The SMILES string of the molecule is COc1ccccc1C1CCN(c2cnc(C#N)nc2)C1. The molecule has 0 bridgehead atoms. The number of para-hydroxylation sites is 1. The summed E-state index contributed by atoms with van der Waals surface area (Å²) in [5, 5.41) is 8.74. The summed E-state index contributed by atoms with van der Waals surface area (Å²) in [6, 6.07) is 10.1. The molecule has 3 rings (SSSR count). The van der Waals surface area contributed by atoms with E-state index in [1.807, 2.05) is 24.3 Å². The Labute approximate surface area is 123 Å². The predicted molar refractivity (Wildman–Crippen MR) is 79.3 cm³/mol. The van der Waals surface area contributed by atoms with Crippen LogP contribution in [0.2, 0.25) is 0 Å². The fraction of sp³-hybridized carbons (Fsp3) is 0.312. The molecule has 106 valence electrons. The maximum absolute atomic E-state index is 8.74. The van der Waals surface area contributed by atoms with Crippen LogP contribution in [0.15, 0.2) is 36.7 Å². The summed E-state index contributed by atoms with van der Waals surface area (Å²) in [6.45, 7) is 1.87. The molecule has 0 spiro atoms. The van der Waals surface area contributed by atoms with Gasteiger partial charge in [0.1, 0.15) is 11.8 Å². The normalized spacial score (nSPS) is 17.5. The molecule has 2 aromatic rings. The Kier molecular flexibility index (Phi) is 3.69. The molecule has 1 fully saturated rings. The molecule has 0 radical (unpaired) electrons. The van der Waals surface area contributed by atoms with Crippen molar-refractivity contribution in [1.29, 1.82) is 5.26 Å². The summed E-state index contributed by atoms with van der Waals surface area (Å²) in [6.07, 6.45) is 4.51. The second kappa shape index (κ2) is 5.80. The lowest BCUT2D eigenvalue weighted by molar-refractivity contribution is 0.406. The summed E-state index contributed by atoms with van der Waals surface area (Å²) >= 11 is 0. The molecular weight excluding hydrogens is 264 g/mol. The van der Waals surface area contributed by atoms with Crippen molar-refractivity contribution in [2.45, 2.75) is 12.3 Å². The number of ether oxygens (including phenoxy) is 1. The molecule has 2 heterocycles. The van der Waals surface area contributed by atoms with Gasteiger partial charge in [0.05, 0.1) is 25.2 Å². The topological polar surface area (TPSA) is 62.0 Å². The minimum Gasteiger partial charge on any atom is -0.496 e. The van der Waals surface area contributed by atoms with Gasteiger partial charge in [-0.3, -0.25) is 0 Å². The zero-order valence-corrected chi connectivity index (χ0v) is 11.9. The molecule has 1 saturated heterocycles. The predicted octanol–water partition coefficient (Wildman–Crippen LogP) is 2.35. The van der Waals surface area contributed by atoms with Crippen LogP contribution in [-0.2, 0) is 0 Å². The van der Waals surface area contributed by atoms with Crippen molar-refractivity contribution in [1.82, 2.24) is 9.97 Å². The lowest BCUT2D eigenvalue weighted by atomic mass is 9.97. The number of anilines is 1. The Hall–Kier alpha value is -2.61. The Bertz CT molecular complexity index is 663. The van der Waals surface area contributed by atoms with Gasteiger partial charge in [0.25, 0.3) is 0 Å². The standard InChI is InChI=1S/C16H16N4O/c1-21-15-5-3-2-4-14(15)12-6-7-20(11-12)13-9-18-16(8-17)19-10-13/h2-5,9-10,12H,6-7,11H2,1H3. The van der Waals surface area contributed by atoms with Gasteiger partial charge in [0, 0.05) is 19.0 Å². The highest BCUT2D eigenvalue weighted by molar-refractivity contribution is 5.47. The van der Waals surface area contributed by atoms with Crippen molar-refractivity contribution < 1.29 is 4.74 Å². The van der Waals surface area contributed by atoms with E-state index in [-0.39, 0.29) is 5.82 Å². The Morgan fingerprint density at radius 3 is 2.76 bits per heavy atom. The third kappa shape index (κ3) is 2.65. The van der Waals surface area contributed by atoms with Crippen LogP contribution in [0.5, 0.6) is 5.75 Å². The van der Waals surface area contributed by atoms with Gasteiger partial charge in [-0.05, 0) is 18.1 Å². The van der Waals surface area contributed by atoms with Gasteiger partial charge in [0.2, 0.25) is 5.82 Å². The number of nitriles is 1. The number of methoxy groups -OCH3 is 1. The van der Waals surface area contributed by atoms with Crippen LogP contribution in [0.25, 0.3) is 0 Å². The molecule has 0 N–H and O–H groups in total. The van der Waals surface area contributed by atoms with Gasteiger partial charge in [-0.1, -0.05) is 18.2 Å². The summed E-state index contributed by atoms with van der Waals surface area (Å²) in [7, 11) is 1.71. The van der Waals surface area contributed by atoms with E-state index in [1.165, 1.54) is 5.56 Å². The molecule has 0 saturated carbocycles. The van der Waals surface area contributed by atoms with E-state index in [0.717, 1.165) is 30.9 Å². The molecule has 1 aliphatic rings. The highest BCUT2D eigenvalue weighted by Crippen LogP contribution is 2.34. The fourth-order valence-corrected chi connectivity index (χ4v) is 2.79. The Morgan fingerprint density at radius 2 is 2.05 bits per heavy atom. The highest BCUT2D eigenvalue weighted by atomic mass is 16.5. The van der Waals surface area contributed by atoms with E-state index in [1.54, 1.807) is 19.5 Å². The molecule has 21 heavy (non-hydrogen) atoms. The number of benzene rings is 1. The van der Waals surface area contributed by atoms with Crippen LogP contribution >= 0.6 is 0 Å². The van der Waals surface area contributed by atoms with Gasteiger partial charge in [-0.2, -0.15) is 5.26 Å². The van der Waals surface area contributed by atoms with Crippen molar-refractivity contribution in [3.8, 4) is 11.8 Å². The van der Waals surface area contributed by atoms with Gasteiger partial charge >= 0.3 is 0 Å². The summed E-state index contributed by atoms with van der Waals surface area (Å²) in [5.74, 6) is 1.59. The minimum absolute atomic E-state index is 0.208. The Balaban J connectivity index is 1.77. The van der Waals surface area contributed by atoms with E-state index in [2.05, 4.69) is 20.9 Å². The van der Waals surface area contributed by atoms with Crippen molar-refractivity contribution in [2.75, 3.05) is 25.1 Å². The molecule has 1 aromatic heterocycles. The first-order valence-corrected chi connectivity index (χ1v) is 6.92. The van der Waals surface area contributed by atoms with Crippen molar-refractivity contribution in [2.24, 2.45) is 0 Å². The number of hydrogen-bond donors (Lipinski definition) is 0. The third-order valence-electron chi connectivity index (χ3n) is 3.87. The smallest absolute Gasteiger partial charge is 0.232 e. The van der Waals surface area contributed by atoms with Crippen LogP contribution < -0.4 is 9.64 Å². The van der Waals surface area contributed by atoms with Crippen LogP contribution in [0.3, 0.4) is 0 Å². The number of rotatable bonds is 3. The van der Waals surface area contributed by atoms with Crippen LogP contribution in [-0.4, -0.2) is 30.2 Å². The molecule has 5 nitrogen and oxygen atoms in total. The maximum Gasteiger partial charge on any atom is 0.232 e. The second-order valence-corrected chi connectivity index (χ2v) is 5.05. The quantitative estimate of drug-likeness (QED) is 0.863. The minimum atomic E-state index is 0.208. The molecule has 1 atom stereocenters. The number of aromatic nitrogens is 2. The fourth-order valence-electron chi connectivity index (χ4n) is 2.79. The molecule has 0 aliphatic carbocycles. The van der Waals surface area contributed by atoms with Gasteiger partial charge < -0.3 is 9.64 Å². The number of nitrogens with zero attached hydrogens (tertiary/aromatic N) is 4. The molecule has 0 amide bonds. The second-order valence-electron chi connectivity index (χ2n) is 5.05. The molecular formula is C16H16N4O. The summed E-state index contributed by atoms with van der Waals surface area (Å²) in [4.78, 5) is 10.3. The van der Waals surface area contributed by atoms with Gasteiger partial charge in [-0.15, -0.1) is 0 Å². The molecule has 1 aliphatic heterocycles. The zero-order valence-electron chi connectivity index (χ0n) is 11.9. The first kappa shape index (κ1) is 13.4. The van der Waals surface area contributed by atoms with E-state index in [9.17, 15) is 0 Å². The van der Waals surface area contributed by atoms with E-state index >= 15 is 0 Å². The maximum atomic E-state index is 8.74. The monoisotopic (exact) mass is 280 g/mol. The number of hydrogen-bond acceptors (Lipinski definition) is 5. The first-order chi connectivity index (χ1) is 10.3. The molecule has 1 aromatic carbocycles. The highest BCUT2D eigenvalue weighted by Gasteiger charge is 2.26. The summed E-state index contributed by atoms with van der Waals surface area (Å²) in [5.41, 5.74) is 2.21. The lowest BCUT2D eigenvalue weighted by Crippen LogP contribution is -2.19. The van der Waals surface area contributed by atoms with Crippen LogP contribution in [0.1, 0.15) is 23.7 Å². The van der Waals surface area contributed by atoms with Crippen LogP contribution in [0, 0.1) is 11.3 Å². The largest absolute Gasteiger partial charge is 0.496 e. The van der Waals surface area contributed by atoms with Crippen LogP contribution in [0.4, 0.5) is 5.69 Å². The van der Waals surface area contributed by atoms with Crippen molar-refractivity contribution >= 4 is 5.69 Å². The zero-order chi connectivity index (χ0) is 14.7. The van der Waals surface area contributed by atoms with Gasteiger partial charge in [-0.25, -0.2) is 9.97 Å². The third-order valence-corrected chi connectivity index (χ3v) is 3.87.